The zero-order chi connectivity index (χ0) is 18.4. The van der Waals surface area contributed by atoms with Crippen molar-refractivity contribution in [2.45, 2.75) is 26.4 Å². The Morgan fingerprint density at radius 1 is 1.23 bits per heavy atom. The number of amides is 2. The molecule has 1 N–H and O–H groups in total. The van der Waals surface area contributed by atoms with E-state index in [0.29, 0.717) is 19.0 Å². The number of urea groups is 1. The molecule has 1 atom stereocenters. The van der Waals surface area contributed by atoms with Crippen LogP contribution in [0.2, 0.25) is 0 Å². The summed E-state index contributed by atoms with van der Waals surface area (Å²) in [5.41, 5.74) is 0.791. The summed E-state index contributed by atoms with van der Waals surface area (Å²) < 4.78 is 6.08. The molecule has 1 saturated heterocycles. The van der Waals surface area contributed by atoms with Crippen molar-refractivity contribution in [3.63, 3.8) is 0 Å². The molecule has 0 radical (unpaired) electrons. The van der Waals surface area contributed by atoms with E-state index in [-0.39, 0.29) is 12.1 Å². The molecule has 1 aromatic carbocycles. The largest absolute Gasteiger partial charge is 0.470 e. The van der Waals surface area contributed by atoms with Crippen LogP contribution in [-0.4, -0.2) is 53.2 Å². The van der Waals surface area contributed by atoms with Gasteiger partial charge < -0.3 is 19.9 Å². The molecule has 3 rings (SSSR count). The van der Waals surface area contributed by atoms with E-state index < -0.39 is 0 Å². The SMILES string of the molecule is CCN(CC)c1nccnc1OC1CCN(C(=O)Nc2ccccc2)C1. The summed E-state index contributed by atoms with van der Waals surface area (Å²) in [5, 5.41) is 2.91. The lowest BCUT2D eigenvalue weighted by atomic mass is 10.3. The Labute approximate surface area is 154 Å². The van der Waals surface area contributed by atoms with Crippen molar-refractivity contribution in [3.8, 4) is 5.88 Å². The molecule has 0 spiro atoms. The first kappa shape index (κ1) is 18.0. The third-order valence-corrected chi connectivity index (χ3v) is 4.45. The number of hydrogen-bond donors (Lipinski definition) is 1. The van der Waals surface area contributed by atoms with Crippen molar-refractivity contribution in [2.75, 3.05) is 36.4 Å². The maximum atomic E-state index is 12.4. The Morgan fingerprint density at radius 3 is 2.69 bits per heavy atom. The van der Waals surface area contributed by atoms with Crippen LogP contribution in [0.4, 0.5) is 16.3 Å². The second-order valence-electron chi connectivity index (χ2n) is 6.13. The molecule has 2 aromatic rings. The number of hydrogen-bond acceptors (Lipinski definition) is 5. The highest BCUT2D eigenvalue weighted by atomic mass is 16.5. The van der Waals surface area contributed by atoms with Crippen LogP contribution in [-0.2, 0) is 0 Å². The van der Waals surface area contributed by atoms with Crippen LogP contribution >= 0.6 is 0 Å². The summed E-state index contributed by atoms with van der Waals surface area (Å²) >= 11 is 0. The Bertz CT molecular complexity index is 721. The first-order chi connectivity index (χ1) is 12.7. The summed E-state index contributed by atoms with van der Waals surface area (Å²) in [4.78, 5) is 25.1. The molecule has 26 heavy (non-hydrogen) atoms. The van der Waals surface area contributed by atoms with Gasteiger partial charge in [0.25, 0.3) is 5.88 Å². The summed E-state index contributed by atoms with van der Waals surface area (Å²) in [7, 11) is 0. The predicted octanol–water partition coefficient (Wildman–Crippen LogP) is 3.01. The molecule has 1 aromatic heterocycles. The van der Waals surface area contributed by atoms with Gasteiger partial charge >= 0.3 is 6.03 Å². The molecule has 1 aliphatic rings. The van der Waals surface area contributed by atoms with E-state index in [1.54, 1.807) is 17.3 Å². The van der Waals surface area contributed by atoms with Crippen molar-refractivity contribution >= 4 is 17.5 Å². The molecule has 2 amide bonds. The van der Waals surface area contributed by atoms with Gasteiger partial charge in [-0.05, 0) is 26.0 Å². The summed E-state index contributed by atoms with van der Waals surface area (Å²) in [6.07, 6.45) is 4.00. The zero-order valence-electron chi connectivity index (χ0n) is 15.3. The summed E-state index contributed by atoms with van der Waals surface area (Å²) in [6.45, 7) is 7.02. The average Bonchev–Trinajstić information content (AvgIpc) is 3.14. The normalized spacial score (nSPS) is 16.4. The second-order valence-corrected chi connectivity index (χ2v) is 6.13. The molecule has 1 aliphatic heterocycles. The second kappa shape index (κ2) is 8.51. The number of rotatable bonds is 6. The highest BCUT2D eigenvalue weighted by Crippen LogP contribution is 2.25. The summed E-state index contributed by atoms with van der Waals surface area (Å²) in [6, 6.07) is 9.35. The van der Waals surface area contributed by atoms with E-state index in [1.807, 2.05) is 30.3 Å². The molecular formula is C19H25N5O2. The fraction of sp³-hybridized carbons (Fsp3) is 0.421. The maximum Gasteiger partial charge on any atom is 0.321 e. The van der Waals surface area contributed by atoms with Gasteiger partial charge in [-0.1, -0.05) is 18.2 Å². The number of nitrogens with zero attached hydrogens (tertiary/aromatic N) is 4. The number of carbonyl (C=O) groups is 1. The number of likely N-dealkylation sites (tertiary alicyclic amines) is 1. The zero-order valence-corrected chi connectivity index (χ0v) is 15.3. The Kier molecular flexibility index (Phi) is 5.88. The van der Waals surface area contributed by atoms with Crippen molar-refractivity contribution in [3.05, 3.63) is 42.7 Å². The maximum absolute atomic E-state index is 12.4. The van der Waals surface area contributed by atoms with Crippen molar-refractivity contribution < 1.29 is 9.53 Å². The van der Waals surface area contributed by atoms with Crippen LogP contribution in [0.3, 0.4) is 0 Å². The van der Waals surface area contributed by atoms with Crippen molar-refractivity contribution in [2.24, 2.45) is 0 Å². The number of para-hydroxylation sites is 1. The average molecular weight is 355 g/mol. The lowest BCUT2D eigenvalue weighted by Gasteiger charge is -2.23. The molecule has 7 heteroatoms. The molecule has 0 aliphatic carbocycles. The van der Waals surface area contributed by atoms with E-state index in [0.717, 1.165) is 31.0 Å². The molecular weight excluding hydrogens is 330 g/mol. The Morgan fingerprint density at radius 2 is 1.96 bits per heavy atom. The minimum atomic E-state index is -0.106. The molecule has 138 valence electrons. The van der Waals surface area contributed by atoms with Gasteiger partial charge in [-0.25, -0.2) is 14.8 Å². The molecule has 1 fully saturated rings. The number of nitrogens with one attached hydrogen (secondary N) is 1. The number of benzene rings is 1. The monoisotopic (exact) mass is 355 g/mol. The summed E-state index contributed by atoms with van der Waals surface area (Å²) in [5.74, 6) is 1.29. The highest BCUT2D eigenvalue weighted by molar-refractivity contribution is 5.89. The van der Waals surface area contributed by atoms with E-state index in [2.05, 4.69) is 34.0 Å². The Hall–Kier alpha value is -2.83. The van der Waals surface area contributed by atoms with E-state index in [1.165, 1.54) is 0 Å². The van der Waals surface area contributed by atoms with Crippen LogP contribution in [0.25, 0.3) is 0 Å². The van der Waals surface area contributed by atoms with Crippen LogP contribution in [0.15, 0.2) is 42.7 Å². The minimum absolute atomic E-state index is 0.0810. The van der Waals surface area contributed by atoms with Gasteiger partial charge in [0.15, 0.2) is 5.82 Å². The molecule has 2 heterocycles. The van der Waals surface area contributed by atoms with Crippen molar-refractivity contribution in [1.82, 2.24) is 14.9 Å². The van der Waals surface area contributed by atoms with E-state index in [4.69, 9.17) is 4.74 Å². The van der Waals surface area contributed by atoms with Gasteiger partial charge in [-0.3, -0.25) is 0 Å². The van der Waals surface area contributed by atoms with Gasteiger partial charge in [0.1, 0.15) is 6.10 Å². The molecule has 0 saturated carbocycles. The van der Waals surface area contributed by atoms with Gasteiger partial charge in [-0.15, -0.1) is 0 Å². The number of carbonyl (C=O) groups excluding carboxylic acids is 1. The van der Waals surface area contributed by atoms with Crippen LogP contribution in [0.5, 0.6) is 5.88 Å². The molecule has 1 unspecified atom stereocenters. The smallest absolute Gasteiger partial charge is 0.321 e. The van der Waals surface area contributed by atoms with Gasteiger partial charge in [0, 0.05) is 44.1 Å². The van der Waals surface area contributed by atoms with Gasteiger partial charge in [0.05, 0.1) is 6.54 Å². The Balaban J connectivity index is 1.61. The predicted molar refractivity (Wildman–Crippen MR) is 102 cm³/mol. The van der Waals surface area contributed by atoms with Gasteiger partial charge in [0.2, 0.25) is 0 Å². The number of ether oxygens (including phenoxy) is 1. The van der Waals surface area contributed by atoms with E-state index >= 15 is 0 Å². The minimum Gasteiger partial charge on any atom is -0.470 e. The third kappa shape index (κ3) is 4.22. The fourth-order valence-corrected chi connectivity index (χ4v) is 3.03. The highest BCUT2D eigenvalue weighted by Gasteiger charge is 2.29. The van der Waals surface area contributed by atoms with Crippen LogP contribution in [0, 0.1) is 0 Å². The molecule has 7 nitrogen and oxygen atoms in total. The van der Waals surface area contributed by atoms with E-state index in [9.17, 15) is 4.79 Å². The topological polar surface area (TPSA) is 70.6 Å². The first-order valence-corrected chi connectivity index (χ1v) is 9.04. The van der Waals surface area contributed by atoms with Gasteiger partial charge in [-0.2, -0.15) is 0 Å². The lowest BCUT2D eigenvalue weighted by Crippen LogP contribution is -2.34. The third-order valence-electron chi connectivity index (χ3n) is 4.45. The lowest BCUT2D eigenvalue weighted by molar-refractivity contribution is 0.190. The van der Waals surface area contributed by atoms with Crippen molar-refractivity contribution in [1.29, 1.82) is 0 Å². The number of anilines is 2. The van der Waals surface area contributed by atoms with Crippen LogP contribution < -0.4 is 15.0 Å². The fourth-order valence-electron chi connectivity index (χ4n) is 3.03. The first-order valence-electron chi connectivity index (χ1n) is 9.04. The van der Waals surface area contributed by atoms with Crippen LogP contribution in [0.1, 0.15) is 20.3 Å². The molecule has 0 bridgehead atoms. The standard InChI is InChI=1S/C19H25N5O2/c1-3-23(4-2)17-18(21-12-11-20-17)26-16-10-13-24(14-16)19(25)22-15-8-6-5-7-9-15/h5-9,11-12,16H,3-4,10,13-14H2,1-2H3,(H,22,25). The quantitative estimate of drug-likeness (QED) is 0.862. The number of aromatic nitrogens is 2.